The first kappa shape index (κ1) is 27.9. The van der Waals surface area contributed by atoms with Crippen molar-refractivity contribution < 1.29 is 27.5 Å². The number of ether oxygens (including phenoxy) is 2. The molecule has 3 aromatic rings. The summed E-state index contributed by atoms with van der Waals surface area (Å²) in [5.41, 5.74) is 0.737. The molecule has 0 saturated carbocycles. The summed E-state index contributed by atoms with van der Waals surface area (Å²) in [6.07, 6.45) is 0. The molecule has 1 atom stereocenters. The van der Waals surface area contributed by atoms with Crippen molar-refractivity contribution in [3.05, 3.63) is 46.4 Å². The van der Waals surface area contributed by atoms with Crippen LogP contribution in [0.5, 0.6) is 0 Å². The Labute approximate surface area is 225 Å². The third kappa shape index (κ3) is 5.80. The minimum absolute atomic E-state index is 0.0262. The van der Waals surface area contributed by atoms with Gasteiger partial charge in [-0.05, 0) is 29.5 Å². The molecule has 0 bridgehead atoms. The largest absolute Gasteiger partial charge is 0.467 e. The minimum atomic E-state index is -3.84. The van der Waals surface area contributed by atoms with Crippen molar-refractivity contribution in [2.75, 3.05) is 45.7 Å². The van der Waals surface area contributed by atoms with Crippen LogP contribution in [-0.4, -0.2) is 86.0 Å². The number of sulfonamides is 1. The topological polar surface area (TPSA) is 131 Å². The van der Waals surface area contributed by atoms with Gasteiger partial charge in [0.15, 0.2) is 0 Å². The average Bonchev–Trinajstić information content (AvgIpc) is 3.42. The van der Waals surface area contributed by atoms with Gasteiger partial charge in [0.2, 0.25) is 10.0 Å². The molecule has 4 rings (SSSR count). The molecule has 2 aromatic heterocycles. The number of fused-ring (bicyclic) bond motifs is 1. The van der Waals surface area contributed by atoms with Crippen molar-refractivity contribution in [1.82, 2.24) is 19.2 Å². The van der Waals surface area contributed by atoms with Crippen LogP contribution in [0.25, 0.3) is 10.9 Å². The first-order valence-electron chi connectivity index (χ1n) is 12.1. The van der Waals surface area contributed by atoms with E-state index in [2.05, 4.69) is 10.2 Å². The van der Waals surface area contributed by atoms with Crippen LogP contribution in [0, 0.1) is 5.92 Å². The van der Waals surface area contributed by atoms with Crippen LogP contribution in [0.1, 0.15) is 29.3 Å². The van der Waals surface area contributed by atoms with Gasteiger partial charge in [0, 0.05) is 31.6 Å². The van der Waals surface area contributed by atoms with Crippen LogP contribution < -0.4 is 5.32 Å². The second-order valence-electron chi connectivity index (χ2n) is 9.18. The maximum atomic E-state index is 13.2. The number of anilines is 1. The summed E-state index contributed by atoms with van der Waals surface area (Å²) in [7, 11) is -1.25. The van der Waals surface area contributed by atoms with Crippen LogP contribution in [0.3, 0.4) is 0 Å². The molecule has 1 aliphatic heterocycles. The molecule has 0 radical (unpaired) electrons. The van der Waals surface area contributed by atoms with E-state index in [4.69, 9.17) is 19.4 Å². The molecule has 0 aliphatic carbocycles. The van der Waals surface area contributed by atoms with Crippen LogP contribution >= 0.6 is 11.3 Å². The molecule has 1 N–H and O–H groups in total. The van der Waals surface area contributed by atoms with Crippen molar-refractivity contribution >= 4 is 50.0 Å². The van der Waals surface area contributed by atoms with Gasteiger partial charge in [0.25, 0.3) is 0 Å². The number of carbonyl (C=O) groups is 2. The number of methoxy groups -OCH3 is 2. The highest BCUT2D eigenvalue weighted by atomic mass is 32.2. The molecule has 1 fully saturated rings. The van der Waals surface area contributed by atoms with E-state index in [1.54, 1.807) is 5.38 Å². The fraction of sp³-hybridized carbons (Fsp3) is 0.440. The van der Waals surface area contributed by atoms with Gasteiger partial charge in [-0.2, -0.15) is 4.31 Å². The Kier molecular flexibility index (Phi) is 8.61. The van der Waals surface area contributed by atoms with E-state index in [-0.39, 0.29) is 34.7 Å². The number of piperazine rings is 1. The second kappa shape index (κ2) is 11.7. The molecule has 1 aromatic carbocycles. The van der Waals surface area contributed by atoms with E-state index in [0.717, 1.165) is 22.2 Å². The zero-order valence-corrected chi connectivity index (χ0v) is 23.3. The minimum Gasteiger partial charge on any atom is -0.467 e. The van der Waals surface area contributed by atoms with Gasteiger partial charge in [-0.15, -0.1) is 11.3 Å². The maximum absolute atomic E-state index is 13.2. The number of hydrogen-bond donors (Lipinski definition) is 1. The molecule has 38 heavy (non-hydrogen) atoms. The molecule has 3 heterocycles. The monoisotopic (exact) mass is 561 g/mol. The Bertz CT molecular complexity index is 1420. The van der Waals surface area contributed by atoms with Crippen molar-refractivity contribution in [2.24, 2.45) is 5.92 Å². The molecule has 0 amide bonds. The van der Waals surface area contributed by atoms with Crippen LogP contribution in [0.2, 0.25) is 0 Å². The van der Waals surface area contributed by atoms with Gasteiger partial charge < -0.3 is 14.8 Å². The quantitative estimate of drug-likeness (QED) is 0.389. The molecule has 1 saturated heterocycles. The van der Waals surface area contributed by atoms with Crippen molar-refractivity contribution in [3.8, 4) is 0 Å². The summed E-state index contributed by atoms with van der Waals surface area (Å²) in [5.74, 6) is 0.0338. The van der Waals surface area contributed by atoms with E-state index >= 15 is 0 Å². The molecule has 13 heteroatoms. The Morgan fingerprint density at radius 2 is 1.76 bits per heavy atom. The van der Waals surface area contributed by atoms with Gasteiger partial charge in [0.05, 0.1) is 26.3 Å². The smallest absolute Gasteiger partial charge is 0.349 e. The van der Waals surface area contributed by atoms with Crippen molar-refractivity contribution in [1.29, 1.82) is 0 Å². The van der Waals surface area contributed by atoms with Crippen molar-refractivity contribution in [3.63, 3.8) is 0 Å². The zero-order chi connectivity index (χ0) is 27.4. The summed E-state index contributed by atoms with van der Waals surface area (Å²) in [4.78, 5) is 35.9. The molecule has 0 spiro atoms. The predicted molar refractivity (Wildman–Crippen MR) is 143 cm³/mol. The lowest BCUT2D eigenvalue weighted by Crippen LogP contribution is -2.48. The number of benzene rings is 1. The number of nitrogens with zero attached hydrogens (tertiary/aromatic N) is 4. The SMILES string of the molecule is COC(=O)c1sccc1S(=O)(=O)N1CCN(Cc2nc(N[C@H](C(=O)OC)C(C)C)c3ccccc3n2)CC1. The number of hydrogen-bond acceptors (Lipinski definition) is 11. The maximum Gasteiger partial charge on any atom is 0.349 e. The lowest BCUT2D eigenvalue weighted by molar-refractivity contribution is -0.142. The standard InChI is InChI=1S/C25H31N5O6S2/c1-16(2)21(24(31)35-3)28-23-17-7-5-6-8-18(17)26-20(27-23)15-29-10-12-30(13-11-29)38(33,34)19-9-14-37-22(19)25(32)36-4/h5-9,14,16,21H,10-13,15H2,1-4H3,(H,26,27,28)/t21-/m0/s1. The lowest BCUT2D eigenvalue weighted by atomic mass is 10.0. The summed E-state index contributed by atoms with van der Waals surface area (Å²) in [5, 5.41) is 5.61. The second-order valence-corrected chi connectivity index (χ2v) is 12.0. The number of para-hydroxylation sites is 1. The van der Waals surface area contributed by atoms with Crippen LogP contribution in [0.4, 0.5) is 5.82 Å². The molecular formula is C25H31N5O6S2. The van der Waals surface area contributed by atoms with E-state index in [1.165, 1.54) is 24.6 Å². The Hall–Kier alpha value is -3.13. The van der Waals surface area contributed by atoms with Gasteiger partial charge >= 0.3 is 11.9 Å². The van der Waals surface area contributed by atoms with Crippen LogP contribution in [0.15, 0.2) is 40.6 Å². The number of nitrogens with one attached hydrogen (secondary N) is 1. The predicted octanol–water partition coefficient (Wildman–Crippen LogP) is 2.59. The Balaban J connectivity index is 1.50. The number of thiophene rings is 1. The highest BCUT2D eigenvalue weighted by Crippen LogP contribution is 2.27. The summed E-state index contributed by atoms with van der Waals surface area (Å²) in [6, 6.07) is 8.42. The Morgan fingerprint density at radius 3 is 2.42 bits per heavy atom. The highest BCUT2D eigenvalue weighted by Gasteiger charge is 2.33. The van der Waals surface area contributed by atoms with Gasteiger partial charge in [-0.3, -0.25) is 4.90 Å². The van der Waals surface area contributed by atoms with Crippen LogP contribution in [-0.2, 0) is 30.8 Å². The molecular weight excluding hydrogens is 530 g/mol. The summed E-state index contributed by atoms with van der Waals surface area (Å²) >= 11 is 1.04. The lowest BCUT2D eigenvalue weighted by Gasteiger charge is -2.33. The fourth-order valence-electron chi connectivity index (χ4n) is 4.29. The summed E-state index contributed by atoms with van der Waals surface area (Å²) < 4.78 is 37.5. The summed E-state index contributed by atoms with van der Waals surface area (Å²) in [6.45, 7) is 5.71. The van der Waals surface area contributed by atoms with E-state index in [1.807, 2.05) is 38.1 Å². The Morgan fingerprint density at radius 1 is 1.05 bits per heavy atom. The zero-order valence-electron chi connectivity index (χ0n) is 21.7. The number of carbonyl (C=O) groups excluding carboxylic acids is 2. The van der Waals surface area contributed by atoms with Crippen molar-refractivity contribution in [2.45, 2.75) is 31.3 Å². The van der Waals surface area contributed by atoms with E-state index in [0.29, 0.717) is 31.3 Å². The van der Waals surface area contributed by atoms with Gasteiger partial charge in [-0.1, -0.05) is 26.0 Å². The van der Waals surface area contributed by atoms with E-state index < -0.39 is 22.0 Å². The fourth-order valence-corrected chi connectivity index (χ4v) is 7.02. The van der Waals surface area contributed by atoms with Gasteiger partial charge in [0.1, 0.15) is 27.5 Å². The number of esters is 2. The molecule has 204 valence electrons. The third-order valence-electron chi connectivity index (χ3n) is 6.38. The van der Waals surface area contributed by atoms with Gasteiger partial charge in [-0.25, -0.2) is 28.0 Å². The normalized spacial score (nSPS) is 15.9. The first-order valence-corrected chi connectivity index (χ1v) is 14.5. The number of aromatic nitrogens is 2. The highest BCUT2D eigenvalue weighted by molar-refractivity contribution is 7.89. The average molecular weight is 562 g/mol. The molecule has 0 unspecified atom stereocenters. The number of rotatable bonds is 9. The third-order valence-corrected chi connectivity index (χ3v) is 9.34. The van der Waals surface area contributed by atoms with E-state index in [9.17, 15) is 18.0 Å². The first-order chi connectivity index (χ1) is 18.1. The molecule has 11 nitrogen and oxygen atoms in total. The molecule has 1 aliphatic rings.